The molecule has 0 spiro atoms. The zero-order valence-electron chi connectivity index (χ0n) is 14.4. The molecule has 2 fully saturated rings. The van der Waals surface area contributed by atoms with Gasteiger partial charge in [-0.1, -0.05) is 61.2 Å². The number of carbonyl (C=O) groups is 2. The molecule has 0 radical (unpaired) electrons. The molecular weight excluding hydrogens is 318 g/mol. The summed E-state index contributed by atoms with van der Waals surface area (Å²) in [5.74, 6) is -0.442. The van der Waals surface area contributed by atoms with Gasteiger partial charge in [-0.25, -0.2) is 9.59 Å². The van der Waals surface area contributed by atoms with Crippen molar-refractivity contribution < 1.29 is 19.4 Å². The van der Waals surface area contributed by atoms with Gasteiger partial charge in [0.05, 0.1) is 0 Å². The lowest BCUT2D eigenvalue weighted by Crippen LogP contribution is -2.40. The Morgan fingerprint density at radius 1 is 1.16 bits per heavy atom. The summed E-state index contributed by atoms with van der Waals surface area (Å²) in [4.78, 5) is 25.3. The lowest BCUT2D eigenvalue weighted by molar-refractivity contribution is -0.141. The highest BCUT2D eigenvalue weighted by Gasteiger charge is 2.38. The number of benzene rings is 1. The molecule has 1 aliphatic carbocycles. The number of amides is 1. The van der Waals surface area contributed by atoms with Gasteiger partial charge in [-0.2, -0.15) is 0 Å². The fourth-order valence-electron chi connectivity index (χ4n) is 3.72. The fraction of sp³-hybridized carbons (Fsp3) is 0.500. The third kappa shape index (κ3) is 4.62. The summed E-state index contributed by atoms with van der Waals surface area (Å²) in [6.07, 6.45) is 8.16. The van der Waals surface area contributed by atoms with Gasteiger partial charge in [0.1, 0.15) is 12.6 Å². The Labute approximate surface area is 148 Å². The molecule has 5 heteroatoms. The Balaban J connectivity index is 1.62. The number of carboxylic acids is 1. The molecule has 1 heterocycles. The second-order valence-electron chi connectivity index (χ2n) is 6.95. The van der Waals surface area contributed by atoms with Gasteiger partial charge in [-0.05, 0) is 24.3 Å². The van der Waals surface area contributed by atoms with Crippen molar-refractivity contribution >= 4 is 12.1 Å². The van der Waals surface area contributed by atoms with E-state index >= 15 is 0 Å². The molecule has 1 N–H and O–H groups in total. The average Bonchev–Trinajstić information content (AvgIpc) is 3.06. The lowest BCUT2D eigenvalue weighted by Gasteiger charge is -2.20. The third-order valence-electron chi connectivity index (χ3n) is 5.05. The average molecular weight is 343 g/mol. The molecule has 0 unspecified atom stereocenters. The van der Waals surface area contributed by atoms with Crippen LogP contribution in [0.2, 0.25) is 0 Å². The second kappa shape index (κ2) is 8.19. The van der Waals surface area contributed by atoms with Gasteiger partial charge < -0.3 is 9.84 Å². The zero-order valence-corrected chi connectivity index (χ0v) is 14.4. The predicted octanol–water partition coefficient (Wildman–Crippen LogP) is 3.99. The first-order valence-electron chi connectivity index (χ1n) is 9.03. The van der Waals surface area contributed by atoms with Crippen molar-refractivity contribution in [1.29, 1.82) is 0 Å². The molecule has 3 rings (SSSR count). The van der Waals surface area contributed by atoms with Crippen LogP contribution in [0, 0.1) is 5.92 Å². The number of allylic oxidation sites excluding steroid dienone is 1. The Morgan fingerprint density at radius 3 is 2.56 bits per heavy atom. The molecule has 1 saturated heterocycles. The normalized spacial score (nSPS) is 23.0. The molecule has 1 aliphatic heterocycles. The predicted molar refractivity (Wildman–Crippen MR) is 94.0 cm³/mol. The maximum atomic E-state index is 12.4. The summed E-state index contributed by atoms with van der Waals surface area (Å²) >= 11 is 0. The van der Waals surface area contributed by atoms with Crippen molar-refractivity contribution in [2.75, 3.05) is 6.54 Å². The molecular formula is C20H25NO4. The first-order valence-corrected chi connectivity index (χ1v) is 9.03. The monoisotopic (exact) mass is 343 g/mol. The van der Waals surface area contributed by atoms with Crippen LogP contribution in [0.1, 0.15) is 44.1 Å². The lowest BCUT2D eigenvalue weighted by atomic mass is 9.87. The second-order valence-corrected chi connectivity index (χ2v) is 6.95. The van der Waals surface area contributed by atoms with Crippen molar-refractivity contribution in [2.45, 2.75) is 51.2 Å². The number of nitrogens with zero attached hydrogens (tertiary/aromatic N) is 1. The number of aliphatic carboxylic acids is 1. The summed E-state index contributed by atoms with van der Waals surface area (Å²) in [7, 11) is 0. The minimum Gasteiger partial charge on any atom is -0.480 e. The number of carboxylic acid groups (broad SMARTS) is 1. The van der Waals surface area contributed by atoms with E-state index in [0.717, 1.165) is 11.1 Å². The molecule has 134 valence electrons. The summed E-state index contributed by atoms with van der Waals surface area (Å²) in [5.41, 5.74) is 1.94. The summed E-state index contributed by atoms with van der Waals surface area (Å²) < 4.78 is 5.33. The number of hydrogen-bond acceptors (Lipinski definition) is 3. The fourth-order valence-corrected chi connectivity index (χ4v) is 3.72. The van der Waals surface area contributed by atoms with E-state index in [9.17, 15) is 14.7 Å². The van der Waals surface area contributed by atoms with E-state index in [2.05, 4.69) is 6.08 Å². The topological polar surface area (TPSA) is 66.8 Å². The Bertz CT molecular complexity index is 634. The number of hydrogen-bond donors (Lipinski definition) is 1. The highest BCUT2D eigenvalue weighted by atomic mass is 16.6. The zero-order chi connectivity index (χ0) is 17.6. The third-order valence-corrected chi connectivity index (χ3v) is 5.05. The van der Waals surface area contributed by atoms with Crippen LogP contribution in [0.15, 0.2) is 42.0 Å². The van der Waals surface area contributed by atoms with Gasteiger partial charge in [0.2, 0.25) is 0 Å². The van der Waals surface area contributed by atoms with E-state index in [-0.39, 0.29) is 6.61 Å². The highest BCUT2D eigenvalue weighted by Crippen LogP contribution is 2.30. The molecule has 1 saturated carbocycles. The van der Waals surface area contributed by atoms with Crippen LogP contribution < -0.4 is 0 Å². The van der Waals surface area contributed by atoms with E-state index in [0.29, 0.717) is 18.9 Å². The van der Waals surface area contributed by atoms with Gasteiger partial charge in [0.15, 0.2) is 0 Å². The summed E-state index contributed by atoms with van der Waals surface area (Å²) in [6.45, 7) is 0.519. The molecule has 0 bridgehead atoms. The Morgan fingerprint density at radius 2 is 1.88 bits per heavy atom. The maximum Gasteiger partial charge on any atom is 0.411 e. The maximum absolute atomic E-state index is 12.4. The first kappa shape index (κ1) is 17.5. The van der Waals surface area contributed by atoms with Crippen molar-refractivity contribution in [2.24, 2.45) is 5.92 Å². The molecule has 1 amide bonds. The SMILES string of the molecule is O=C(O)[C@@H]1C/C(=C/C2CCCCC2)CN1C(=O)OCc1ccccc1. The van der Waals surface area contributed by atoms with Gasteiger partial charge in [-0.15, -0.1) is 0 Å². The van der Waals surface area contributed by atoms with Gasteiger partial charge in [0.25, 0.3) is 0 Å². The van der Waals surface area contributed by atoms with Crippen LogP contribution in [0.25, 0.3) is 0 Å². The largest absolute Gasteiger partial charge is 0.480 e. The van der Waals surface area contributed by atoms with Crippen molar-refractivity contribution in [1.82, 2.24) is 4.90 Å². The van der Waals surface area contributed by atoms with E-state index in [1.165, 1.54) is 37.0 Å². The van der Waals surface area contributed by atoms with E-state index in [1.807, 2.05) is 30.3 Å². The highest BCUT2D eigenvalue weighted by molar-refractivity contribution is 5.81. The van der Waals surface area contributed by atoms with Crippen LogP contribution in [0.3, 0.4) is 0 Å². The van der Waals surface area contributed by atoms with Crippen LogP contribution >= 0.6 is 0 Å². The molecule has 5 nitrogen and oxygen atoms in total. The van der Waals surface area contributed by atoms with E-state index in [4.69, 9.17) is 4.74 Å². The molecule has 2 aliphatic rings. The Hall–Kier alpha value is -2.30. The van der Waals surface area contributed by atoms with E-state index < -0.39 is 18.1 Å². The number of carbonyl (C=O) groups excluding carboxylic acids is 1. The number of ether oxygens (including phenoxy) is 1. The van der Waals surface area contributed by atoms with Crippen LogP contribution in [-0.4, -0.2) is 34.7 Å². The molecule has 1 aromatic rings. The quantitative estimate of drug-likeness (QED) is 0.840. The molecule has 1 atom stereocenters. The van der Waals surface area contributed by atoms with Gasteiger partial charge in [-0.3, -0.25) is 4.90 Å². The van der Waals surface area contributed by atoms with Crippen LogP contribution in [0.4, 0.5) is 4.79 Å². The van der Waals surface area contributed by atoms with Crippen molar-refractivity contribution in [3.8, 4) is 0 Å². The van der Waals surface area contributed by atoms with Crippen LogP contribution in [-0.2, 0) is 16.1 Å². The minimum absolute atomic E-state index is 0.157. The summed E-state index contributed by atoms with van der Waals surface area (Å²) in [6, 6.07) is 8.59. The van der Waals surface area contributed by atoms with Crippen molar-refractivity contribution in [3.63, 3.8) is 0 Å². The Kier molecular flexibility index (Phi) is 5.74. The van der Waals surface area contributed by atoms with E-state index in [1.54, 1.807) is 0 Å². The first-order chi connectivity index (χ1) is 12.1. The van der Waals surface area contributed by atoms with Gasteiger partial charge >= 0.3 is 12.1 Å². The van der Waals surface area contributed by atoms with Gasteiger partial charge in [0, 0.05) is 13.0 Å². The van der Waals surface area contributed by atoms with Crippen LogP contribution in [0.5, 0.6) is 0 Å². The molecule has 1 aromatic carbocycles. The number of likely N-dealkylation sites (tertiary alicyclic amines) is 1. The molecule has 0 aromatic heterocycles. The summed E-state index contributed by atoms with van der Waals surface area (Å²) in [5, 5.41) is 9.46. The van der Waals surface area contributed by atoms with Crippen molar-refractivity contribution in [3.05, 3.63) is 47.5 Å². The minimum atomic E-state index is -0.969. The number of rotatable bonds is 4. The smallest absolute Gasteiger partial charge is 0.411 e. The molecule has 25 heavy (non-hydrogen) atoms. The standard InChI is InChI=1S/C20H25NO4/c22-19(23)18-12-17(11-15-7-3-1-4-8-15)13-21(18)20(24)25-14-16-9-5-2-6-10-16/h2,5-6,9-11,15,18H,1,3-4,7-8,12-14H2,(H,22,23)/b17-11-/t18-/m0/s1.